The van der Waals surface area contributed by atoms with Gasteiger partial charge in [-0.1, -0.05) is 0 Å². The Morgan fingerprint density at radius 3 is 2.72 bits per heavy atom. The van der Waals surface area contributed by atoms with Crippen molar-refractivity contribution in [3.63, 3.8) is 0 Å². The van der Waals surface area contributed by atoms with E-state index in [4.69, 9.17) is 0 Å². The van der Waals surface area contributed by atoms with Crippen LogP contribution < -0.4 is 10.6 Å². The molecule has 2 aromatic rings. The molecular weight excluding hydrogens is 296 g/mol. The fourth-order valence-electron chi connectivity index (χ4n) is 1.52. The van der Waals surface area contributed by atoms with Crippen molar-refractivity contribution in [2.24, 2.45) is 0 Å². The van der Waals surface area contributed by atoms with Gasteiger partial charge in [-0.05, 0) is 41.9 Å². The first kappa shape index (κ1) is 12.8. The van der Waals surface area contributed by atoms with Gasteiger partial charge in [-0.25, -0.2) is 4.79 Å². The van der Waals surface area contributed by atoms with Crippen LogP contribution in [0.1, 0.15) is 13.8 Å². The normalized spacial score (nSPS) is 10.7. The molecule has 0 aliphatic rings. The Kier molecular flexibility index (Phi) is 3.76. The number of urea groups is 1. The van der Waals surface area contributed by atoms with Gasteiger partial charge in [0.15, 0.2) is 0 Å². The van der Waals surface area contributed by atoms with Gasteiger partial charge in [0.25, 0.3) is 0 Å². The average molecular weight is 309 g/mol. The van der Waals surface area contributed by atoms with Gasteiger partial charge in [-0.2, -0.15) is 0 Å². The summed E-state index contributed by atoms with van der Waals surface area (Å²) in [6.07, 6.45) is 3.25. The van der Waals surface area contributed by atoms with Crippen LogP contribution in [0, 0.1) is 0 Å². The van der Waals surface area contributed by atoms with Gasteiger partial charge < -0.3 is 10.6 Å². The van der Waals surface area contributed by atoms with Crippen LogP contribution in [0.25, 0.3) is 11.0 Å². The Hall–Kier alpha value is -1.69. The number of aromatic nitrogens is 2. The van der Waals surface area contributed by atoms with Gasteiger partial charge in [-0.15, -0.1) is 0 Å². The SMILES string of the molecule is CC(C)NC(=O)Nc1ccc2nccnc2c1Br. The van der Waals surface area contributed by atoms with Crippen molar-refractivity contribution in [2.75, 3.05) is 5.32 Å². The lowest BCUT2D eigenvalue weighted by Gasteiger charge is -2.12. The summed E-state index contributed by atoms with van der Waals surface area (Å²) < 4.78 is 0.729. The molecule has 2 amide bonds. The van der Waals surface area contributed by atoms with E-state index in [0.717, 1.165) is 15.5 Å². The minimum Gasteiger partial charge on any atom is -0.336 e. The van der Waals surface area contributed by atoms with Crippen LogP contribution in [0.4, 0.5) is 10.5 Å². The molecule has 94 valence electrons. The van der Waals surface area contributed by atoms with E-state index in [2.05, 4.69) is 36.5 Å². The van der Waals surface area contributed by atoms with E-state index in [1.807, 2.05) is 19.9 Å². The highest BCUT2D eigenvalue weighted by Crippen LogP contribution is 2.28. The number of benzene rings is 1. The highest BCUT2D eigenvalue weighted by Gasteiger charge is 2.10. The smallest absolute Gasteiger partial charge is 0.319 e. The highest BCUT2D eigenvalue weighted by molar-refractivity contribution is 9.10. The summed E-state index contributed by atoms with van der Waals surface area (Å²) >= 11 is 3.43. The molecule has 0 spiro atoms. The molecule has 1 aromatic heterocycles. The monoisotopic (exact) mass is 308 g/mol. The van der Waals surface area contributed by atoms with Crippen LogP contribution in [-0.2, 0) is 0 Å². The standard InChI is InChI=1S/C12H13BrN4O/c1-7(2)16-12(18)17-8-3-4-9-11(10(8)13)15-6-5-14-9/h3-7H,1-2H3,(H2,16,17,18). The lowest BCUT2D eigenvalue weighted by atomic mass is 10.2. The lowest BCUT2D eigenvalue weighted by Crippen LogP contribution is -2.34. The molecule has 0 unspecified atom stereocenters. The molecule has 5 nitrogen and oxygen atoms in total. The summed E-state index contributed by atoms with van der Waals surface area (Å²) in [5, 5.41) is 5.53. The van der Waals surface area contributed by atoms with Crippen LogP contribution in [0.15, 0.2) is 29.0 Å². The molecule has 0 radical (unpaired) electrons. The molecule has 1 heterocycles. The molecule has 2 rings (SSSR count). The number of nitrogens with zero attached hydrogens (tertiary/aromatic N) is 2. The van der Waals surface area contributed by atoms with Gasteiger partial charge in [0.2, 0.25) is 0 Å². The van der Waals surface area contributed by atoms with Gasteiger partial charge >= 0.3 is 6.03 Å². The summed E-state index contributed by atoms with van der Waals surface area (Å²) in [7, 11) is 0. The fourth-order valence-corrected chi connectivity index (χ4v) is 2.06. The molecule has 0 bridgehead atoms. The predicted molar refractivity (Wildman–Crippen MR) is 74.5 cm³/mol. The first-order valence-corrected chi connectivity index (χ1v) is 6.34. The maximum atomic E-state index is 11.6. The second kappa shape index (κ2) is 5.30. The van der Waals surface area contributed by atoms with Crippen LogP contribution in [-0.4, -0.2) is 22.0 Å². The minimum atomic E-state index is -0.242. The molecule has 0 fully saturated rings. The van der Waals surface area contributed by atoms with Crippen LogP contribution in [0.2, 0.25) is 0 Å². The summed E-state index contributed by atoms with van der Waals surface area (Å²) in [5.41, 5.74) is 2.17. The number of carbonyl (C=O) groups excluding carboxylic acids is 1. The van der Waals surface area contributed by atoms with E-state index >= 15 is 0 Å². The molecule has 0 aliphatic heterocycles. The van der Waals surface area contributed by atoms with Crippen molar-refractivity contribution in [2.45, 2.75) is 19.9 Å². The third-order valence-corrected chi connectivity index (χ3v) is 3.05. The van der Waals surface area contributed by atoms with E-state index in [1.165, 1.54) is 0 Å². The van der Waals surface area contributed by atoms with Gasteiger partial charge in [0, 0.05) is 18.4 Å². The van der Waals surface area contributed by atoms with Crippen molar-refractivity contribution in [3.8, 4) is 0 Å². The molecule has 6 heteroatoms. The second-order valence-corrected chi connectivity index (χ2v) is 4.90. The van der Waals surface area contributed by atoms with E-state index < -0.39 is 0 Å². The van der Waals surface area contributed by atoms with Crippen molar-refractivity contribution in [1.29, 1.82) is 0 Å². The largest absolute Gasteiger partial charge is 0.336 e. The van der Waals surface area contributed by atoms with Crippen LogP contribution >= 0.6 is 15.9 Å². The third-order valence-electron chi connectivity index (χ3n) is 2.25. The first-order chi connectivity index (χ1) is 8.58. The predicted octanol–water partition coefficient (Wildman–Crippen LogP) is 2.92. The van der Waals surface area contributed by atoms with E-state index in [-0.39, 0.29) is 12.1 Å². The molecule has 2 N–H and O–H groups in total. The van der Waals surface area contributed by atoms with E-state index in [0.29, 0.717) is 5.69 Å². The number of fused-ring (bicyclic) bond motifs is 1. The van der Waals surface area contributed by atoms with Gasteiger partial charge in [0.1, 0.15) is 5.52 Å². The van der Waals surface area contributed by atoms with Crippen molar-refractivity contribution >= 4 is 38.7 Å². The zero-order valence-electron chi connectivity index (χ0n) is 10.1. The number of amides is 2. The Balaban J connectivity index is 2.29. The molecule has 0 atom stereocenters. The third kappa shape index (κ3) is 2.76. The number of hydrogen-bond donors (Lipinski definition) is 2. The molecule has 0 saturated carbocycles. The average Bonchev–Trinajstić information content (AvgIpc) is 2.32. The molecule has 0 saturated heterocycles. The summed E-state index contributed by atoms with van der Waals surface area (Å²) in [6, 6.07) is 3.46. The zero-order chi connectivity index (χ0) is 13.1. The van der Waals surface area contributed by atoms with Gasteiger partial charge in [0.05, 0.1) is 15.7 Å². The Morgan fingerprint density at radius 1 is 1.28 bits per heavy atom. The van der Waals surface area contributed by atoms with E-state index in [1.54, 1.807) is 18.5 Å². The summed E-state index contributed by atoms with van der Waals surface area (Å²) in [4.78, 5) is 20.1. The van der Waals surface area contributed by atoms with Crippen molar-refractivity contribution < 1.29 is 4.79 Å². The number of halogens is 1. The molecule has 1 aromatic carbocycles. The zero-order valence-corrected chi connectivity index (χ0v) is 11.7. The Bertz CT molecular complexity index is 585. The van der Waals surface area contributed by atoms with Gasteiger partial charge in [-0.3, -0.25) is 9.97 Å². The lowest BCUT2D eigenvalue weighted by molar-refractivity contribution is 0.250. The maximum absolute atomic E-state index is 11.6. The quantitative estimate of drug-likeness (QED) is 0.896. The molecule has 18 heavy (non-hydrogen) atoms. The van der Waals surface area contributed by atoms with Crippen molar-refractivity contribution in [3.05, 3.63) is 29.0 Å². The fraction of sp³-hybridized carbons (Fsp3) is 0.250. The number of nitrogens with one attached hydrogen (secondary N) is 2. The molecular formula is C12H13BrN4O. The molecule has 0 aliphatic carbocycles. The maximum Gasteiger partial charge on any atom is 0.319 e. The number of carbonyl (C=O) groups is 1. The summed E-state index contributed by atoms with van der Waals surface area (Å²) in [6.45, 7) is 3.81. The Morgan fingerprint density at radius 2 is 2.00 bits per heavy atom. The van der Waals surface area contributed by atoms with Crippen LogP contribution in [0.5, 0.6) is 0 Å². The first-order valence-electron chi connectivity index (χ1n) is 5.54. The number of hydrogen-bond acceptors (Lipinski definition) is 3. The topological polar surface area (TPSA) is 66.9 Å². The second-order valence-electron chi connectivity index (χ2n) is 4.10. The Labute approximate surface area is 113 Å². The number of rotatable bonds is 2. The highest BCUT2D eigenvalue weighted by atomic mass is 79.9. The summed E-state index contributed by atoms with van der Waals surface area (Å²) in [5.74, 6) is 0. The van der Waals surface area contributed by atoms with E-state index in [9.17, 15) is 4.79 Å². The van der Waals surface area contributed by atoms with Crippen molar-refractivity contribution in [1.82, 2.24) is 15.3 Å². The van der Waals surface area contributed by atoms with Crippen LogP contribution in [0.3, 0.4) is 0 Å². The number of anilines is 1. The minimum absolute atomic E-state index is 0.0871.